The molecule has 4 nitrogen and oxygen atoms in total. The van der Waals surface area contributed by atoms with Gasteiger partial charge >= 0.3 is 5.97 Å². The Balaban J connectivity index is 2.62. The number of ether oxygens (including phenoxy) is 1. The minimum absolute atomic E-state index is 0.330. The number of hydrogen-bond acceptors (Lipinski definition) is 4. The Labute approximate surface area is 104 Å². The van der Waals surface area contributed by atoms with E-state index in [0.29, 0.717) is 11.3 Å². The fourth-order valence-corrected chi connectivity index (χ4v) is 1.71. The third-order valence-corrected chi connectivity index (χ3v) is 2.49. The summed E-state index contributed by atoms with van der Waals surface area (Å²) < 4.78 is 5.10. The molecular formula is C14H11NO3. The monoisotopic (exact) mass is 241 g/mol. The van der Waals surface area contributed by atoms with Gasteiger partial charge in [0.25, 0.3) is 0 Å². The zero-order valence-corrected chi connectivity index (χ0v) is 9.54. The first kappa shape index (κ1) is 11.9. The molecule has 0 aliphatic carbocycles. The number of oxime groups is 1. The predicted octanol–water partition coefficient (Wildman–Crippen LogP) is 2.74. The SMILES string of the molecule is C=CC(=O)Oc1ccc2ccccc2c1/C=N/O. The molecule has 0 aliphatic heterocycles. The topological polar surface area (TPSA) is 58.9 Å². The number of esters is 1. The van der Waals surface area contributed by atoms with Crippen LogP contribution in [0.3, 0.4) is 0 Å². The van der Waals surface area contributed by atoms with Gasteiger partial charge in [0.1, 0.15) is 5.75 Å². The first-order valence-electron chi connectivity index (χ1n) is 5.29. The molecule has 0 saturated heterocycles. The molecule has 2 rings (SSSR count). The minimum atomic E-state index is -0.558. The van der Waals surface area contributed by atoms with Gasteiger partial charge in [0, 0.05) is 11.6 Å². The average Bonchev–Trinajstić information content (AvgIpc) is 2.41. The summed E-state index contributed by atoms with van der Waals surface area (Å²) in [5.41, 5.74) is 0.547. The van der Waals surface area contributed by atoms with Crippen molar-refractivity contribution >= 4 is 23.0 Å². The van der Waals surface area contributed by atoms with Gasteiger partial charge in [-0.1, -0.05) is 42.1 Å². The number of rotatable bonds is 3. The summed E-state index contributed by atoms with van der Waals surface area (Å²) in [6.45, 7) is 3.34. The lowest BCUT2D eigenvalue weighted by atomic mass is 10.0. The molecular weight excluding hydrogens is 230 g/mol. The molecule has 4 heteroatoms. The van der Waals surface area contributed by atoms with Crippen LogP contribution in [-0.2, 0) is 4.79 Å². The van der Waals surface area contributed by atoms with Crippen molar-refractivity contribution in [2.75, 3.05) is 0 Å². The molecule has 0 unspecified atom stereocenters. The van der Waals surface area contributed by atoms with Crippen LogP contribution < -0.4 is 4.74 Å². The van der Waals surface area contributed by atoms with E-state index in [1.165, 1.54) is 6.21 Å². The highest BCUT2D eigenvalue weighted by Gasteiger charge is 2.09. The highest BCUT2D eigenvalue weighted by molar-refractivity contribution is 6.03. The Kier molecular flexibility index (Phi) is 3.38. The van der Waals surface area contributed by atoms with Crippen molar-refractivity contribution in [1.29, 1.82) is 0 Å². The molecule has 2 aromatic carbocycles. The van der Waals surface area contributed by atoms with E-state index in [-0.39, 0.29) is 0 Å². The van der Waals surface area contributed by atoms with Crippen LogP contribution in [0.1, 0.15) is 5.56 Å². The Morgan fingerprint density at radius 3 is 2.78 bits per heavy atom. The van der Waals surface area contributed by atoms with Crippen LogP contribution >= 0.6 is 0 Å². The number of carbonyl (C=O) groups is 1. The molecule has 0 amide bonds. The first-order valence-corrected chi connectivity index (χ1v) is 5.29. The largest absolute Gasteiger partial charge is 0.423 e. The van der Waals surface area contributed by atoms with Crippen LogP contribution in [0.15, 0.2) is 54.2 Å². The van der Waals surface area contributed by atoms with Crippen LogP contribution in [-0.4, -0.2) is 17.4 Å². The van der Waals surface area contributed by atoms with Gasteiger partial charge in [0.05, 0.1) is 6.21 Å². The number of fused-ring (bicyclic) bond motifs is 1. The molecule has 2 aromatic rings. The van der Waals surface area contributed by atoms with Crippen LogP contribution in [0, 0.1) is 0 Å². The van der Waals surface area contributed by atoms with E-state index in [1.54, 1.807) is 6.07 Å². The third-order valence-electron chi connectivity index (χ3n) is 2.49. The fourth-order valence-electron chi connectivity index (χ4n) is 1.71. The molecule has 90 valence electrons. The van der Waals surface area contributed by atoms with E-state index >= 15 is 0 Å². The van der Waals surface area contributed by atoms with Crippen LogP contribution in [0.5, 0.6) is 5.75 Å². The van der Waals surface area contributed by atoms with Crippen LogP contribution in [0.2, 0.25) is 0 Å². The highest BCUT2D eigenvalue weighted by atomic mass is 16.5. The third kappa shape index (κ3) is 2.22. The van der Waals surface area contributed by atoms with Gasteiger partial charge in [-0.05, 0) is 16.8 Å². The summed E-state index contributed by atoms with van der Waals surface area (Å²) in [6, 6.07) is 11.0. The lowest BCUT2D eigenvalue weighted by molar-refractivity contribution is -0.128. The summed E-state index contributed by atoms with van der Waals surface area (Å²) in [5.74, 6) is -0.228. The number of benzene rings is 2. The standard InChI is InChI=1S/C14H11NO3/c1-2-14(16)18-13-8-7-10-5-3-4-6-11(10)12(13)9-15-17/h2-9,17H,1H2/b15-9+. The molecule has 0 aliphatic rings. The van der Waals surface area contributed by atoms with Gasteiger partial charge < -0.3 is 9.94 Å². The van der Waals surface area contributed by atoms with E-state index < -0.39 is 5.97 Å². The van der Waals surface area contributed by atoms with Crippen LogP contribution in [0.4, 0.5) is 0 Å². The summed E-state index contributed by atoms with van der Waals surface area (Å²) in [7, 11) is 0. The molecule has 0 radical (unpaired) electrons. The molecule has 0 bridgehead atoms. The van der Waals surface area contributed by atoms with Gasteiger partial charge in [0.2, 0.25) is 0 Å². The quantitative estimate of drug-likeness (QED) is 0.224. The maximum absolute atomic E-state index is 11.2. The van der Waals surface area contributed by atoms with E-state index in [1.807, 2.05) is 30.3 Å². The smallest absolute Gasteiger partial charge is 0.335 e. The Morgan fingerprint density at radius 1 is 1.28 bits per heavy atom. The molecule has 0 fully saturated rings. The molecule has 18 heavy (non-hydrogen) atoms. The number of carbonyl (C=O) groups excluding carboxylic acids is 1. The number of hydrogen-bond donors (Lipinski definition) is 1. The number of nitrogens with zero attached hydrogens (tertiary/aromatic N) is 1. The summed E-state index contributed by atoms with van der Waals surface area (Å²) in [4.78, 5) is 11.2. The fraction of sp³-hybridized carbons (Fsp3) is 0. The van der Waals surface area contributed by atoms with Crippen LogP contribution in [0.25, 0.3) is 10.8 Å². The summed E-state index contributed by atoms with van der Waals surface area (Å²) in [5, 5.41) is 13.5. The highest BCUT2D eigenvalue weighted by Crippen LogP contribution is 2.26. The van der Waals surface area contributed by atoms with E-state index in [0.717, 1.165) is 16.8 Å². The molecule has 0 heterocycles. The van der Waals surface area contributed by atoms with E-state index in [2.05, 4.69) is 11.7 Å². The summed E-state index contributed by atoms with van der Waals surface area (Å²) in [6.07, 6.45) is 2.32. The average molecular weight is 241 g/mol. The zero-order valence-electron chi connectivity index (χ0n) is 9.54. The lowest BCUT2D eigenvalue weighted by Crippen LogP contribution is -2.05. The van der Waals surface area contributed by atoms with E-state index in [4.69, 9.17) is 9.94 Å². The predicted molar refractivity (Wildman–Crippen MR) is 69.2 cm³/mol. The second-order valence-corrected chi connectivity index (χ2v) is 3.57. The maximum Gasteiger partial charge on any atom is 0.335 e. The maximum atomic E-state index is 11.2. The molecule has 0 aromatic heterocycles. The lowest BCUT2D eigenvalue weighted by Gasteiger charge is -2.08. The molecule has 0 saturated carbocycles. The van der Waals surface area contributed by atoms with Crippen molar-refractivity contribution in [2.45, 2.75) is 0 Å². The van der Waals surface area contributed by atoms with Crippen molar-refractivity contribution in [3.8, 4) is 5.75 Å². The Hall–Kier alpha value is -2.62. The summed E-state index contributed by atoms with van der Waals surface area (Å²) >= 11 is 0. The molecule has 0 atom stereocenters. The van der Waals surface area contributed by atoms with Gasteiger partial charge in [-0.2, -0.15) is 0 Å². The van der Waals surface area contributed by atoms with Gasteiger partial charge in [-0.15, -0.1) is 0 Å². The van der Waals surface area contributed by atoms with Crippen molar-refractivity contribution in [3.05, 3.63) is 54.6 Å². The van der Waals surface area contributed by atoms with Crippen molar-refractivity contribution in [2.24, 2.45) is 5.16 Å². The normalized spacial score (nSPS) is 10.7. The van der Waals surface area contributed by atoms with Crippen molar-refractivity contribution in [3.63, 3.8) is 0 Å². The zero-order chi connectivity index (χ0) is 13.0. The second kappa shape index (κ2) is 5.14. The van der Waals surface area contributed by atoms with E-state index in [9.17, 15) is 4.79 Å². The van der Waals surface area contributed by atoms with Gasteiger partial charge in [-0.3, -0.25) is 0 Å². The molecule has 0 spiro atoms. The molecule has 1 N–H and O–H groups in total. The second-order valence-electron chi connectivity index (χ2n) is 3.57. The van der Waals surface area contributed by atoms with Crippen molar-refractivity contribution < 1.29 is 14.7 Å². The van der Waals surface area contributed by atoms with Crippen molar-refractivity contribution in [1.82, 2.24) is 0 Å². The first-order chi connectivity index (χ1) is 8.76. The Morgan fingerprint density at radius 2 is 2.06 bits per heavy atom. The Bertz CT molecular complexity index is 632. The van der Waals surface area contributed by atoms with Gasteiger partial charge in [0.15, 0.2) is 0 Å². The minimum Gasteiger partial charge on any atom is -0.423 e. The van der Waals surface area contributed by atoms with Gasteiger partial charge in [-0.25, -0.2) is 4.79 Å².